The second-order valence-electron chi connectivity index (χ2n) is 4.16. The van der Waals surface area contributed by atoms with E-state index in [9.17, 15) is 4.79 Å². The molecule has 18 heavy (non-hydrogen) atoms. The quantitative estimate of drug-likeness (QED) is 0.811. The molecule has 0 bridgehead atoms. The standard InChI is InChI=1S/C13H18N2O3/c16-8-6-14-13(17)10-15-7-3-9-18-12-5-2-1-4-11(12)15/h1-2,4-5,16H,3,6-10H2,(H,14,17). The van der Waals surface area contributed by atoms with E-state index in [-0.39, 0.29) is 12.5 Å². The van der Waals surface area contributed by atoms with Crippen LogP contribution in [0.25, 0.3) is 0 Å². The maximum Gasteiger partial charge on any atom is 0.239 e. The second-order valence-corrected chi connectivity index (χ2v) is 4.16. The molecule has 0 spiro atoms. The third-order valence-electron chi connectivity index (χ3n) is 2.80. The summed E-state index contributed by atoms with van der Waals surface area (Å²) in [7, 11) is 0. The highest BCUT2D eigenvalue weighted by Crippen LogP contribution is 2.29. The fourth-order valence-corrected chi connectivity index (χ4v) is 1.99. The van der Waals surface area contributed by atoms with Crippen molar-refractivity contribution in [1.82, 2.24) is 5.32 Å². The zero-order valence-electron chi connectivity index (χ0n) is 10.3. The van der Waals surface area contributed by atoms with Gasteiger partial charge in [0.2, 0.25) is 5.91 Å². The first kappa shape index (κ1) is 12.7. The Morgan fingerprint density at radius 1 is 1.44 bits per heavy atom. The van der Waals surface area contributed by atoms with Gasteiger partial charge in [0.15, 0.2) is 0 Å². The summed E-state index contributed by atoms with van der Waals surface area (Å²) in [5.41, 5.74) is 0.953. The Hall–Kier alpha value is -1.75. The third-order valence-corrected chi connectivity index (χ3v) is 2.80. The van der Waals surface area contributed by atoms with Crippen LogP contribution in [0.3, 0.4) is 0 Å². The van der Waals surface area contributed by atoms with Gasteiger partial charge in [0, 0.05) is 13.1 Å². The van der Waals surface area contributed by atoms with Crippen molar-refractivity contribution < 1.29 is 14.6 Å². The van der Waals surface area contributed by atoms with Crippen molar-refractivity contribution in [3.8, 4) is 5.75 Å². The summed E-state index contributed by atoms with van der Waals surface area (Å²) < 4.78 is 5.63. The van der Waals surface area contributed by atoms with Gasteiger partial charge in [-0.05, 0) is 18.6 Å². The van der Waals surface area contributed by atoms with E-state index in [1.165, 1.54) is 0 Å². The average molecular weight is 250 g/mol. The molecule has 0 aliphatic carbocycles. The Morgan fingerprint density at radius 2 is 2.28 bits per heavy atom. The first-order valence-electron chi connectivity index (χ1n) is 6.15. The Bertz CT molecular complexity index is 409. The van der Waals surface area contributed by atoms with Crippen molar-refractivity contribution in [3.05, 3.63) is 24.3 Å². The summed E-state index contributed by atoms with van der Waals surface area (Å²) in [6.45, 7) is 2.02. The zero-order chi connectivity index (χ0) is 12.8. The van der Waals surface area contributed by atoms with Crippen LogP contribution < -0.4 is 15.0 Å². The minimum atomic E-state index is -0.0826. The lowest BCUT2D eigenvalue weighted by Crippen LogP contribution is -2.38. The molecule has 98 valence electrons. The number of nitrogens with zero attached hydrogens (tertiary/aromatic N) is 1. The van der Waals surface area contributed by atoms with Gasteiger partial charge >= 0.3 is 0 Å². The van der Waals surface area contributed by atoms with Crippen LogP contribution in [0, 0.1) is 0 Å². The predicted octanol–water partition coefficient (Wildman–Crippen LogP) is 0.384. The molecule has 2 rings (SSSR count). The molecule has 1 aliphatic rings. The van der Waals surface area contributed by atoms with Crippen molar-refractivity contribution in [3.63, 3.8) is 0 Å². The van der Waals surface area contributed by atoms with Gasteiger partial charge in [-0.15, -0.1) is 0 Å². The Labute approximate surface area is 106 Å². The van der Waals surface area contributed by atoms with Crippen molar-refractivity contribution in [2.75, 3.05) is 37.7 Å². The van der Waals surface area contributed by atoms with E-state index in [0.29, 0.717) is 19.7 Å². The number of hydrogen-bond acceptors (Lipinski definition) is 4. The lowest BCUT2D eigenvalue weighted by Gasteiger charge is -2.22. The number of carbonyl (C=O) groups excluding carboxylic acids is 1. The highest BCUT2D eigenvalue weighted by molar-refractivity contribution is 5.82. The molecule has 0 saturated carbocycles. The predicted molar refractivity (Wildman–Crippen MR) is 68.9 cm³/mol. The van der Waals surface area contributed by atoms with Crippen LogP contribution in [0.15, 0.2) is 24.3 Å². The number of para-hydroxylation sites is 2. The van der Waals surface area contributed by atoms with Crippen LogP contribution in [-0.2, 0) is 4.79 Å². The number of aliphatic hydroxyl groups is 1. The number of fused-ring (bicyclic) bond motifs is 1. The SMILES string of the molecule is O=C(CN1CCCOc2ccccc21)NCCO. The van der Waals surface area contributed by atoms with Gasteiger partial charge in [-0.3, -0.25) is 4.79 Å². The number of nitrogens with one attached hydrogen (secondary N) is 1. The Balaban J connectivity index is 2.06. The molecule has 1 amide bonds. The minimum Gasteiger partial charge on any atom is -0.491 e. The summed E-state index contributed by atoms with van der Waals surface area (Å²) in [6, 6.07) is 7.74. The van der Waals surface area contributed by atoms with Gasteiger partial charge in [-0.1, -0.05) is 12.1 Å². The molecule has 0 atom stereocenters. The van der Waals surface area contributed by atoms with Crippen LogP contribution in [0.4, 0.5) is 5.69 Å². The molecule has 0 unspecified atom stereocenters. The topological polar surface area (TPSA) is 61.8 Å². The van der Waals surface area contributed by atoms with E-state index in [1.54, 1.807) is 0 Å². The largest absolute Gasteiger partial charge is 0.491 e. The number of hydrogen-bond donors (Lipinski definition) is 2. The van der Waals surface area contributed by atoms with Crippen LogP contribution in [-0.4, -0.2) is 43.9 Å². The molecule has 0 saturated heterocycles. The molecule has 1 aromatic carbocycles. The lowest BCUT2D eigenvalue weighted by molar-refractivity contribution is -0.119. The first-order valence-corrected chi connectivity index (χ1v) is 6.15. The minimum absolute atomic E-state index is 0.0363. The summed E-state index contributed by atoms with van der Waals surface area (Å²) in [5.74, 6) is 0.741. The van der Waals surface area contributed by atoms with Crippen LogP contribution >= 0.6 is 0 Å². The zero-order valence-corrected chi connectivity index (χ0v) is 10.3. The summed E-state index contributed by atoms with van der Waals surface area (Å²) >= 11 is 0. The fourth-order valence-electron chi connectivity index (χ4n) is 1.99. The van der Waals surface area contributed by atoms with E-state index in [2.05, 4.69) is 5.32 Å². The van der Waals surface area contributed by atoms with Gasteiger partial charge in [-0.25, -0.2) is 0 Å². The van der Waals surface area contributed by atoms with E-state index in [1.807, 2.05) is 29.2 Å². The van der Waals surface area contributed by atoms with Gasteiger partial charge < -0.3 is 20.1 Å². The van der Waals surface area contributed by atoms with Crippen molar-refractivity contribution in [2.24, 2.45) is 0 Å². The number of rotatable bonds is 4. The van der Waals surface area contributed by atoms with Crippen LogP contribution in [0.1, 0.15) is 6.42 Å². The molecule has 1 aromatic rings. The molecule has 0 radical (unpaired) electrons. The lowest BCUT2D eigenvalue weighted by atomic mass is 10.2. The smallest absolute Gasteiger partial charge is 0.239 e. The number of carbonyl (C=O) groups is 1. The fraction of sp³-hybridized carbons (Fsp3) is 0.462. The summed E-state index contributed by atoms with van der Waals surface area (Å²) in [5, 5.41) is 11.3. The molecule has 1 heterocycles. The maximum atomic E-state index is 11.7. The number of benzene rings is 1. The van der Waals surface area contributed by atoms with Crippen LogP contribution in [0.2, 0.25) is 0 Å². The van der Waals surface area contributed by atoms with Gasteiger partial charge in [0.05, 0.1) is 25.4 Å². The van der Waals surface area contributed by atoms with E-state index in [0.717, 1.165) is 24.4 Å². The molecule has 5 heteroatoms. The number of aliphatic hydroxyl groups excluding tert-OH is 1. The second kappa shape index (κ2) is 6.26. The Kier molecular flexibility index (Phi) is 4.41. The van der Waals surface area contributed by atoms with E-state index in [4.69, 9.17) is 9.84 Å². The summed E-state index contributed by atoms with van der Waals surface area (Å²) in [6.07, 6.45) is 0.891. The molecule has 1 aliphatic heterocycles. The highest BCUT2D eigenvalue weighted by atomic mass is 16.5. The maximum absolute atomic E-state index is 11.7. The molecule has 0 fully saturated rings. The molecular formula is C13H18N2O3. The first-order chi connectivity index (χ1) is 8.81. The molecule has 0 aromatic heterocycles. The average Bonchev–Trinajstić information content (AvgIpc) is 2.59. The molecular weight excluding hydrogens is 232 g/mol. The van der Waals surface area contributed by atoms with E-state index < -0.39 is 0 Å². The number of ether oxygens (including phenoxy) is 1. The highest BCUT2D eigenvalue weighted by Gasteiger charge is 2.17. The molecule has 2 N–H and O–H groups in total. The Morgan fingerprint density at radius 3 is 3.11 bits per heavy atom. The van der Waals surface area contributed by atoms with Crippen molar-refractivity contribution >= 4 is 11.6 Å². The van der Waals surface area contributed by atoms with Gasteiger partial charge in [-0.2, -0.15) is 0 Å². The summed E-state index contributed by atoms with van der Waals surface area (Å²) in [4.78, 5) is 13.7. The van der Waals surface area contributed by atoms with Crippen molar-refractivity contribution in [2.45, 2.75) is 6.42 Å². The van der Waals surface area contributed by atoms with Crippen LogP contribution in [0.5, 0.6) is 5.75 Å². The van der Waals surface area contributed by atoms with E-state index >= 15 is 0 Å². The van der Waals surface area contributed by atoms with Crippen molar-refractivity contribution in [1.29, 1.82) is 0 Å². The van der Waals surface area contributed by atoms with Gasteiger partial charge in [0.25, 0.3) is 0 Å². The third kappa shape index (κ3) is 3.13. The normalized spacial score (nSPS) is 14.4. The number of amides is 1. The molecule has 5 nitrogen and oxygen atoms in total. The number of anilines is 1. The monoisotopic (exact) mass is 250 g/mol. The van der Waals surface area contributed by atoms with Gasteiger partial charge in [0.1, 0.15) is 5.75 Å².